The van der Waals surface area contributed by atoms with Crippen LogP contribution in [-0.2, 0) is 9.47 Å². The number of methoxy groups -OCH3 is 1. The molecular formula is C13H20N2O5. The summed E-state index contributed by atoms with van der Waals surface area (Å²) >= 11 is 0. The lowest BCUT2D eigenvalue weighted by atomic mass is 10.2. The minimum atomic E-state index is -0.680. The van der Waals surface area contributed by atoms with Crippen LogP contribution in [0.2, 0.25) is 0 Å². The number of H-pyrrole nitrogens is 1. The van der Waals surface area contributed by atoms with Crippen LogP contribution in [0.4, 0.5) is 10.5 Å². The molecule has 0 aliphatic rings. The largest absolute Gasteiger partial charge is 0.493 e. The number of nitrogens with one attached hydrogen (secondary N) is 2. The van der Waals surface area contributed by atoms with Gasteiger partial charge in [0.15, 0.2) is 11.4 Å². The normalized spacial score (nSPS) is 10.8. The standard InChI is InChI=1S/C13H20N2O5/c1-6-19-11(16)10-9(8(18-5)7-14-10)15-12(17)20-13(2,3)4/h7,14H,6H2,1-5H3,(H,15,17). The van der Waals surface area contributed by atoms with Gasteiger partial charge < -0.3 is 19.2 Å². The van der Waals surface area contributed by atoms with E-state index in [0.717, 1.165) is 0 Å². The summed E-state index contributed by atoms with van der Waals surface area (Å²) in [6.07, 6.45) is 0.778. The van der Waals surface area contributed by atoms with Crippen LogP contribution in [0.25, 0.3) is 0 Å². The van der Waals surface area contributed by atoms with E-state index in [9.17, 15) is 9.59 Å². The number of anilines is 1. The minimum Gasteiger partial charge on any atom is -0.493 e. The molecule has 0 aliphatic carbocycles. The van der Waals surface area contributed by atoms with Gasteiger partial charge in [0.05, 0.1) is 13.7 Å². The van der Waals surface area contributed by atoms with Crippen molar-refractivity contribution in [1.82, 2.24) is 4.98 Å². The van der Waals surface area contributed by atoms with Crippen molar-refractivity contribution in [1.29, 1.82) is 0 Å². The third-order valence-electron chi connectivity index (χ3n) is 2.17. The zero-order chi connectivity index (χ0) is 15.3. The molecular weight excluding hydrogens is 264 g/mol. The van der Waals surface area contributed by atoms with Gasteiger partial charge >= 0.3 is 12.1 Å². The second kappa shape index (κ2) is 6.31. The smallest absolute Gasteiger partial charge is 0.412 e. The number of hydrogen-bond donors (Lipinski definition) is 2. The van der Waals surface area contributed by atoms with Gasteiger partial charge in [-0.1, -0.05) is 0 Å². The highest BCUT2D eigenvalue weighted by molar-refractivity contribution is 6.00. The van der Waals surface area contributed by atoms with Gasteiger partial charge in [0.25, 0.3) is 0 Å². The molecule has 1 aromatic heterocycles. The number of carbonyl (C=O) groups is 2. The van der Waals surface area contributed by atoms with Crippen molar-refractivity contribution in [3.63, 3.8) is 0 Å². The maximum Gasteiger partial charge on any atom is 0.412 e. The van der Waals surface area contributed by atoms with Crippen molar-refractivity contribution in [2.24, 2.45) is 0 Å². The first-order chi connectivity index (χ1) is 9.28. The lowest BCUT2D eigenvalue weighted by Crippen LogP contribution is -2.27. The molecule has 7 nitrogen and oxygen atoms in total. The van der Waals surface area contributed by atoms with E-state index in [-0.39, 0.29) is 18.0 Å². The first kappa shape index (κ1) is 15.9. The maximum atomic E-state index is 11.8. The predicted molar refractivity (Wildman–Crippen MR) is 73.2 cm³/mol. The highest BCUT2D eigenvalue weighted by Gasteiger charge is 2.23. The molecule has 0 saturated carbocycles. The lowest BCUT2D eigenvalue weighted by Gasteiger charge is -2.19. The Labute approximate surface area is 117 Å². The molecule has 0 fully saturated rings. The number of hydrogen-bond acceptors (Lipinski definition) is 5. The fourth-order valence-electron chi connectivity index (χ4n) is 1.46. The van der Waals surface area contributed by atoms with Gasteiger partial charge in [-0.3, -0.25) is 5.32 Å². The van der Waals surface area contributed by atoms with E-state index in [2.05, 4.69) is 10.3 Å². The Morgan fingerprint density at radius 2 is 2.00 bits per heavy atom. The third kappa shape index (κ3) is 4.18. The third-order valence-corrected chi connectivity index (χ3v) is 2.17. The number of amides is 1. The quantitative estimate of drug-likeness (QED) is 0.829. The Balaban J connectivity index is 2.94. The van der Waals surface area contributed by atoms with Crippen LogP contribution in [-0.4, -0.2) is 36.4 Å². The summed E-state index contributed by atoms with van der Waals surface area (Å²) in [5.41, 5.74) is -0.340. The van der Waals surface area contributed by atoms with Gasteiger partial charge in [0.2, 0.25) is 0 Å². The molecule has 0 saturated heterocycles. The second-order valence-corrected chi connectivity index (χ2v) is 4.95. The Kier molecular flexibility index (Phi) is 5.01. The lowest BCUT2D eigenvalue weighted by molar-refractivity contribution is 0.0521. The fraction of sp³-hybridized carbons (Fsp3) is 0.538. The van der Waals surface area contributed by atoms with Crippen LogP contribution in [0, 0.1) is 0 Å². The molecule has 1 rings (SSSR count). The second-order valence-electron chi connectivity index (χ2n) is 4.95. The Bertz CT molecular complexity index is 487. The molecule has 0 unspecified atom stereocenters. The zero-order valence-corrected chi connectivity index (χ0v) is 12.3. The molecule has 20 heavy (non-hydrogen) atoms. The van der Waals surface area contributed by atoms with E-state index in [1.165, 1.54) is 13.3 Å². The van der Waals surface area contributed by atoms with Crippen molar-refractivity contribution >= 4 is 17.7 Å². The summed E-state index contributed by atoms with van der Waals surface area (Å²) in [7, 11) is 1.43. The van der Waals surface area contributed by atoms with Crippen LogP contribution >= 0.6 is 0 Å². The van der Waals surface area contributed by atoms with Crippen molar-refractivity contribution in [3.8, 4) is 5.75 Å². The van der Waals surface area contributed by atoms with E-state index in [1.807, 2.05) is 0 Å². The molecule has 1 amide bonds. The van der Waals surface area contributed by atoms with Gasteiger partial charge in [-0.15, -0.1) is 0 Å². The number of aromatic amines is 1. The average molecular weight is 284 g/mol. The molecule has 0 aromatic carbocycles. The van der Waals surface area contributed by atoms with E-state index in [1.54, 1.807) is 27.7 Å². The first-order valence-corrected chi connectivity index (χ1v) is 6.21. The van der Waals surface area contributed by atoms with Crippen molar-refractivity contribution in [2.45, 2.75) is 33.3 Å². The van der Waals surface area contributed by atoms with Crippen LogP contribution in [0.3, 0.4) is 0 Å². The molecule has 0 aliphatic heterocycles. The summed E-state index contributed by atoms with van der Waals surface area (Å²) < 4.78 is 15.1. The van der Waals surface area contributed by atoms with Crippen molar-refractivity contribution in [3.05, 3.63) is 11.9 Å². The first-order valence-electron chi connectivity index (χ1n) is 6.21. The SMILES string of the molecule is CCOC(=O)c1[nH]cc(OC)c1NC(=O)OC(C)(C)C. The van der Waals surface area contributed by atoms with Gasteiger partial charge in [-0.05, 0) is 27.7 Å². The molecule has 0 atom stereocenters. The summed E-state index contributed by atoms with van der Waals surface area (Å²) in [5, 5.41) is 2.49. The summed E-state index contributed by atoms with van der Waals surface area (Å²) in [5.74, 6) is -0.263. The van der Waals surface area contributed by atoms with Gasteiger partial charge in [0.1, 0.15) is 11.3 Å². The molecule has 112 valence electrons. The Morgan fingerprint density at radius 3 is 2.50 bits per heavy atom. The molecule has 1 aromatic rings. The topological polar surface area (TPSA) is 89.7 Å². The number of aromatic nitrogens is 1. The number of rotatable bonds is 4. The average Bonchev–Trinajstić information content (AvgIpc) is 2.69. The Hall–Kier alpha value is -2.18. The molecule has 0 bridgehead atoms. The summed E-state index contributed by atoms with van der Waals surface area (Å²) in [6, 6.07) is 0. The minimum absolute atomic E-state index is 0.106. The molecule has 2 N–H and O–H groups in total. The summed E-state index contributed by atoms with van der Waals surface area (Å²) in [6.45, 7) is 7.15. The van der Waals surface area contributed by atoms with Crippen molar-refractivity contribution < 1.29 is 23.8 Å². The highest BCUT2D eigenvalue weighted by Crippen LogP contribution is 2.29. The highest BCUT2D eigenvalue weighted by atomic mass is 16.6. The Morgan fingerprint density at radius 1 is 1.35 bits per heavy atom. The maximum absolute atomic E-state index is 11.8. The van der Waals surface area contributed by atoms with Crippen molar-refractivity contribution in [2.75, 3.05) is 19.0 Å². The number of esters is 1. The summed E-state index contributed by atoms with van der Waals surface area (Å²) in [4.78, 5) is 26.2. The van der Waals surface area contributed by atoms with Crippen LogP contribution in [0.1, 0.15) is 38.2 Å². The number of ether oxygens (including phenoxy) is 3. The van der Waals surface area contributed by atoms with E-state index < -0.39 is 17.7 Å². The van der Waals surface area contributed by atoms with Gasteiger partial charge in [-0.2, -0.15) is 0 Å². The van der Waals surface area contributed by atoms with Crippen LogP contribution < -0.4 is 10.1 Å². The molecule has 0 spiro atoms. The van der Waals surface area contributed by atoms with E-state index in [0.29, 0.717) is 5.75 Å². The molecule has 1 heterocycles. The number of carbonyl (C=O) groups excluding carboxylic acids is 2. The van der Waals surface area contributed by atoms with E-state index >= 15 is 0 Å². The monoisotopic (exact) mass is 284 g/mol. The van der Waals surface area contributed by atoms with E-state index in [4.69, 9.17) is 14.2 Å². The fourth-order valence-corrected chi connectivity index (χ4v) is 1.46. The van der Waals surface area contributed by atoms with Crippen LogP contribution in [0.5, 0.6) is 5.75 Å². The predicted octanol–water partition coefficient (Wildman–Crippen LogP) is 2.55. The van der Waals surface area contributed by atoms with Crippen LogP contribution in [0.15, 0.2) is 6.20 Å². The molecule has 0 radical (unpaired) electrons. The van der Waals surface area contributed by atoms with Gasteiger partial charge in [0, 0.05) is 6.20 Å². The molecule has 7 heteroatoms. The van der Waals surface area contributed by atoms with Gasteiger partial charge in [-0.25, -0.2) is 9.59 Å². The zero-order valence-electron chi connectivity index (χ0n) is 12.3.